The second-order valence-corrected chi connectivity index (χ2v) is 45.0. The van der Waals surface area contributed by atoms with Gasteiger partial charge in [-0.25, -0.2) is 38.4 Å². The zero-order valence-electron chi connectivity index (χ0n) is 89.4. The lowest BCUT2D eigenvalue weighted by molar-refractivity contribution is -0.166. The van der Waals surface area contributed by atoms with E-state index in [0.717, 1.165) is 70.6 Å². The number of rotatable bonds is 34. The summed E-state index contributed by atoms with van der Waals surface area (Å²) in [6.45, 7) is 51.5. The van der Waals surface area contributed by atoms with Gasteiger partial charge in [0, 0.05) is 42.9 Å². The Kier molecular flexibility index (Phi) is 42.6. The van der Waals surface area contributed by atoms with Crippen LogP contribution in [-0.2, 0) is 152 Å². The first-order valence-corrected chi connectivity index (χ1v) is 51.7. The molecule has 6 bridgehead atoms. The van der Waals surface area contributed by atoms with Crippen LogP contribution in [0.25, 0.3) is 0 Å². The molecule has 8 heterocycles. The number of carbonyl (C=O) groups excluding carboxylic acids is 16. The fourth-order valence-corrected chi connectivity index (χ4v) is 18.3. The number of carbonyl (C=O) groups is 16. The summed E-state index contributed by atoms with van der Waals surface area (Å²) in [4.78, 5) is 182. The van der Waals surface area contributed by atoms with Gasteiger partial charge in [0.2, 0.25) is 0 Å². The normalized spacial score (nSPS) is 29.6. The van der Waals surface area contributed by atoms with E-state index < -0.39 is 105 Å². The summed E-state index contributed by atoms with van der Waals surface area (Å²) in [7, 11) is 0. The summed E-state index contributed by atoms with van der Waals surface area (Å²) in [5.74, 6) is 2.11. The highest BCUT2D eigenvalue weighted by Gasteiger charge is 2.72. The van der Waals surface area contributed by atoms with Gasteiger partial charge < -0.3 is 114 Å². The van der Waals surface area contributed by atoms with Gasteiger partial charge in [-0.3, -0.25) is 38.4 Å². The fraction of sp³-hybridized carbons (Fsp3) is 0.846. The predicted molar refractivity (Wildman–Crippen MR) is 505 cm³/mol. The van der Waals surface area contributed by atoms with E-state index in [4.69, 9.17) is 94.7 Å². The van der Waals surface area contributed by atoms with Crippen molar-refractivity contribution in [3.63, 3.8) is 0 Å². The highest BCUT2D eigenvalue weighted by Crippen LogP contribution is 2.70. The van der Waals surface area contributed by atoms with Crippen molar-refractivity contribution in [2.75, 3.05) is 59.5 Å². The first kappa shape index (κ1) is 119. The van der Waals surface area contributed by atoms with Gasteiger partial charge in [-0.2, -0.15) is 0 Å². The van der Waals surface area contributed by atoms with Crippen molar-refractivity contribution >= 4 is 97.0 Å². The first-order chi connectivity index (χ1) is 67.3. The second-order valence-electron chi connectivity index (χ2n) is 45.0. The van der Waals surface area contributed by atoms with Gasteiger partial charge >= 0.3 is 97.0 Å². The van der Waals surface area contributed by atoms with Crippen molar-refractivity contribution in [2.45, 2.75) is 406 Å². The molecule has 15 fully saturated rings. The van der Waals surface area contributed by atoms with Gasteiger partial charge in [-0.05, 0) is 263 Å². The third kappa shape index (κ3) is 32.2. The molecular formula is C104H162O40. The van der Waals surface area contributed by atoms with E-state index in [2.05, 4.69) is 18.9 Å². The van der Waals surface area contributed by atoms with Gasteiger partial charge in [-0.1, -0.05) is 62.3 Å². The zero-order valence-corrected chi connectivity index (χ0v) is 89.4. The standard InChI is InChI=1S/C19H26O5.C14H20O5.C13H20O5.C13H22O5.C12H20O5.3C11H18O5/c1-4-19(2,3)17(20)22-12-6-8-5-9(12)14-11-7-10(13(8)14)15-16(11)24-18(21)23-15;1-4-14(2,3)12(15)17-9-6-7-5-8(9)11-10(7)18-13(16)19-11;1-4-13(2,3)11(14)16-8-5-6-9-10(7-8)18-12(15)17-9;1-5-13(3,4)11(14)16-7-6-9(2)10-8-17-12(15)18-10;1-4-12(2,3)10(13)15-7-5-6-9-8-16-11(14)17-9;1-5-11(3,4)9(12)15-7(2)8-6-14-10(13)16-8;1-4-11(2,3)9(12)15-7-8-5-6-14-10(13)16-8;1-4-11(2,3)9(12)14-6-5-8-7-15-10(13)16-8/h8-16H,4-7H2,1-3H3;7-11H,4-6H2,1-3H3;8-10H,4-7H2,1-3H3;9-10H,5-8H2,1-4H3;9H,4-8H2,1-3H3;7-8H,5-6H2,1-4H3;2*8H,4-7H2,1-3H3. The van der Waals surface area contributed by atoms with Crippen LogP contribution in [0.5, 0.6) is 0 Å². The van der Waals surface area contributed by atoms with Crippen LogP contribution in [0, 0.1) is 96.6 Å². The summed E-state index contributed by atoms with van der Waals surface area (Å²) in [5, 5.41) is 0. The van der Waals surface area contributed by atoms with E-state index in [1.807, 2.05) is 173 Å². The van der Waals surface area contributed by atoms with Gasteiger partial charge in [0.25, 0.3) is 0 Å². The molecule has 0 aromatic heterocycles. The van der Waals surface area contributed by atoms with Gasteiger partial charge in [0.15, 0.2) is 6.10 Å². The van der Waals surface area contributed by atoms with Gasteiger partial charge in [0.1, 0.15) is 118 Å². The number of esters is 8. The smallest absolute Gasteiger partial charge is 0.465 e. The van der Waals surface area contributed by atoms with Crippen LogP contribution in [-0.4, -0.2) is 248 Å². The Morgan fingerprint density at radius 2 is 0.694 bits per heavy atom. The molecule has 8 saturated heterocycles. The predicted octanol–water partition coefficient (Wildman–Crippen LogP) is 18.3. The molecule has 0 N–H and O–H groups in total. The molecule has 0 aromatic rings. The summed E-state index contributed by atoms with van der Waals surface area (Å²) < 4.78 is 122. The van der Waals surface area contributed by atoms with Crippen molar-refractivity contribution in [1.82, 2.24) is 0 Å². The van der Waals surface area contributed by atoms with Crippen molar-refractivity contribution in [3.05, 3.63) is 0 Å². The Hall–Kier alpha value is -10.1. The highest BCUT2D eigenvalue weighted by molar-refractivity contribution is 5.80. The lowest BCUT2D eigenvalue weighted by atomic mass is 9.68. The third-order valence-corrected chi connectivity index (χ3v) is 31.6. The highest BCUT2D eigenvalue weighted by atomic mass is 16.8. The van der Waals surface area contributed by atoms with Crippen LogP contribution in [0.15, 0.2) is 0 Å². The quantitative estimate of drug-likeness (QED) is 0.0250. The van der Waals surface area contributed by atoms with Crippen molar-refractivity contribution in [1.29, 1.82) is 0 Å². The monoisotopic (exact) mass is 2050 g/mol. The Labute approximate surface area is 846 Å². The first-order valence-electron chi connectivity index (χ1n) is 51.7. The Bertz CT molecular complexity index is 4390. The van der Waals surface area contributed by atoms with Gasteiger partial charge in [-0.15, -0.1) is 0 Å². The van der Waals surface area contributed by atoms with E-state index >= 15 is 0 Å². The molecule has 8 aliphatic heterocycles. The van der Waals surface area contributed by atoms with Crippen LogP contribution in [0.1, 0.15) is 315 Å². The Morgan fingerprint density at radius 3 is 1.17 bits per heavy atom. The maximum absolute atomic E-state index is 12.5. The molecule has 0 aromatic carbocycles. The number of hydrogen-bond acceptors (Lipinski definition) is 40. The van der Waals surface area contributed by atoms with Crippen LogP contribution < -0.4 is 0 Å². The summed E-state index contributed by atoms with van der Waals surface area (Å²) >= 11 is 0. The van der Waals surface area contributed by atoms with Gasteiger partial charge in [0.05, 0.1) is 69.7 Å². The van der Waals surface area contributed by atoms with E-state index in [9.17, 15) is 76.7 Å². The molecule has 24 atom stereocenters. The summed E-state index contributed by atoms with van der Waals surface area (Å²) in [5.41, 5.74) is -3.65. The Morgan fingerprint density at radius 1 is 0.312 bits per heavy atom. The molecule has 0 amide bonds. The lowest BCUT2D eigenvalue weighted by Gasteiger charge is -2.41. The topological polar surface area (TPSA) is 495 Å². The van der Waals surface area contributed by atoms with E-state index in [1.165, 1.54) is 6.42 Å². The molecule has 7 aliphatic carbocycles. The van der Waals surface area contributed by atoms with Crippen molar-refractivity contribution < 1.29 is 190 Å². The molecule has 0 radical (unpaired) electrons. The van der Waals surface area contributed by atoms with Crippen molar-refractivity contribution in [3.8, 4) is 0 Å². The minimum absolute atomic E-state index is 0.0110. The number of hydrogen-bond donors (Lipinski definition) is 0. The summed E-state index contributed by atoms with van der Waals surface area (Å²) in [6, 6.07) is 0. The summed E-state index contributed by atoms with van der Waals surface area (Å²) in [6.07, 6.45) is 7.84. The molecule has 40 heteroatoms. The molecule has 818 valence electrons. The lowest BCUT2D eigenvalue weighted by Crippen LogP contribution is -2.46. The van der Waals surface area contributed by atoms with Crippen LogP contribution in [0.4, 0.5) is 38.4 Å². The molecule has 144 heavy (non-hydrogen) atoms. The number of fused-ring (bicyclic) bond motifs is 18. The van der Waals surface area contributed by atoms with Crippen LogP contribution in [0.2, 0.25) is 0 Å². The van der Waals surface area contributed by atoms with E-state index in [-0.39, 0.29) is 178 Å². The molecule has 15 aliphatic rings. The largest absolute Gasteiger partial charge is 0.509 e. The zero-order chi connectivity index (χ0) is 107. The van der Waals surface area contributed by atoms with Crippen LogP contribution >= 0.6 is 0 Å². The molecule has 40 nitrogen and oxygen atoms in total. The maximum Gasteiger partial charge on any atom is 0.509 e. The molecule has 15 rings (SSSR count). The van der Waals surface area contributed by atoms with E-state index in [1.54, 1.807) is 6.92 Å². The minimum Gasteiger partial charge on any atom is -0.465 e. The number of cyclic esters (lactones) is 10. The molecule has 7 saturated carbocycles. The Balaban J connectivity index is 0.000000202. The minimum atomic E-state index is -0.706. The van der Waals surface area contributed by atoms with E-state index in [0.29, 0.717) is 120 Å². The molecule has 24 unspecified atom stereocenters. The number of ether oxygens (including phenoxy) is 24. The average molecular weight is 2050 g/mol. The van der Waals surface area contributed by atoms with Crippen molar-refractivity contribution in [2.24, 2.45) is 96.6 Å². The molecular weight excluding hydrogens is 1890 g/mol. The van der Waals surface area contributed by atoms with Crippen LogP contribution in [0.3, 0.4) is 0 Å². The second kappa shape index (κ2) is 51.5. The maximum atomic E-state index is 12.5. The fourth-order valence-electron chi connectivity index (χ4n) is 18.3. The third-order valence-electron chi connectivity index (χ3n) is 31.6. The SMILES string of the molecule is CCC(C)(C)C(=O)OC(C)C1COC(=O)O1.CCC(C)(C)C(=O)OC1CC2CC1C1C3CC(C4OC(=O)OC34)C21.CCC(C)(C)C(=O)OC1CC2CC1C1OC(=O)OC21.CCC(C)(C)C(=O)OC1CCC2OC(=O)OC2C1.CCC(C)(C)C(=O)OCC1CCOC(=O)O1.CCC(C)(C)C(=O)OCCC(C)C1COC(=O)O1.CCC(C)(C)C(=O)OCCC1COC(=O)O1.CCC(C)(C)C(=O)OCCCC1COC(=O)O1. The average Bonchev–Trinajstić information content (AvgIpc) is 1.52. The molecule has 0 spiro atoms.